The van der Waals surface area contributed by atoms with E-state index in [1.54, 1.807) is 0 Å². The summed E-state index contributed by atoms with van der Waals surface area (Å²) in [5.74, 6) is 1.34. The first-order chi connectivity index (χ1) is 11.8. The minimum absolute atomic E-state index is 0.0275. The summed E-state index contributed by atoms with van der Waals surface area (Å²) in [7, 11) is 0. The van der Waals surface area contributed by atoms with Gasteiger partial charge in [-0.3, -0.25) is 0 Å². The van der Waals surface area contributed by atoms with Gasteiger partial charge in [-0.1, -0.05) is 57.2 Å². The number of benzene rings is 1. The standard InChI is InChI=1S/C20H29N2O2/c1-2-3-4-7-12-17-13-9-10-14-18(17)20-22-21-19(24-20)15-8-5-6-11-16-23/h9-10,13-14H,2-8,11-12,15-16H2,1H3. The monoisotopic (exact) mass is 329 g/mol. The van der Waals surface area contributed by atoms with E-state index in [0.717, 1.165) is 44.1 Å². The molecule has 1 radical (unpaired) electrons. The number of unbranched alkanes of at least 4 members (excludes halogenated alkanes) is 6. The van der Waals surface area contributed by atoms with Gasteiger partial charge in [-0.25, -0.2) is 5.11 Å². The van der Waals surface area contributed by atoms with Crippen LogP contribution >= 0.6 is 0 Å². The second-order valence-corrected chi connectivity index (χ2v) is 6.34. The van der Waals surface area contributed by atoms with Gasteiger partial charge in [-0.05, 0) is 37.3 Å². The Morgan fingerprint density at radius 3 is 2.46 bits per heavy atom. The van der Waals surface area contributed by atoms with Crippen LogP contribution in [0.5, 0.6) is 0 Å². The molecule has 1 aromatic heterocycles. The van der Waals surface area contributed by atoms with Crippen LogP contribution in [0.1, 0.15) is 69.7 Å². The Morgan fingerprint density at radius 1 is 0.875 bits per heavy atom. The highest BCUT2D eigenvalue weighted by Gasteiger charge is 2.12. The molecule has 0 aliphatic heterocycles. The molecule has 0 amide bonds. The van der Waals surface area contributed by atoms with Crippen LogP contribution < -0.4 is 0 Å². The Bertz CT molecular complexity index is 581. The predicted octanol–water partition coefficient (Wildman–Crippen LogP) is 5.39. The first-order valence-electron chi connectivity index (χ1n) is 9.34. The highest BCUT2D eigenvalue weighted by molar-refractivity contribution is 5.58. The smallest absolute Gasteiger partial charge is 0.248 e. The van der Waals surface area contributed by atoms with Crippen LogP contribution in [0.15, 0.2) is 28.7 Å². The lowest BCUT2D eigenvalue weighted by Crippen LogP contribution is -1.91. The molecule has 0 fully saturated rings. The number of hydrogen-bond acceptors (Lipinski definition) is 3. The first-order valence-corrected chi connectivity index (χ1v) is 9.34. The van der Waals surface area contributed by atoms with Crippen molar-refractivity contribution in [2.75, 3.05) is 6.61 Å². The summed E-state index contributed by atoms with van der Waals surface area (Å²) in [4.78, 5) is 0. The summed E-state index contributed by atoms with van der Waals surface area (Å²) in [6, 6.07) is 8.33. The Balaban J connectivity index is 1.91. The van der Waals surface area contributed by atoms with Crippen molar-refractivity contribution in [2.24, 2.45) is 0 Å². The summed E-state index contributed by atoms with van der Waals surface area (Å²) < 4.78 is 5.86. The van der Waals surface area contributed by atoms with Crippen molar-refractivity contribution in [1.29, 1.82) is 0 Å². The summed E-state index contributed by atoms with van der Waals surface area (Å²) in [6.45, 7) is 2.26. The van der Waals surface area contributed by atoms with E-state index in [1.165, 1.54) is 31.2 Å². The Morgan fingerprint density at radius 2 is 1.62 bits per heavy atom. The fourth-order valence-corrected chi connectivity index (χ4v) is 2.88. The number of aromatic nitrogens is 2. The normalized spacial score (nSPS) is 11.1. The van der Waals surface area contributed by atoms with Crippen LogP contribution in [0, 0.1) is 0 Å². The molecule has 1 heterocycles. The third kappa shape index (κ3) is 6.08. The van der Waals surface area contributed by atoms with Crippen molar-refractivity contribution < 1.29 is 9.52 Å². The largest absolute Gasteiger partial charge is 0.421 e. The van der Waals surface area contributed by atoms with E-state index >= 15 is 0 Å². The summed E-state index contributed by atoms with van der Waals surface area (Å²) in [6.07, 6.45) is 10.7. The lowest BCUT2D eigenvalue weighted by molar-refractivity contribution is 0.186. The van der Waals surface area contributed by atoms with Gasteiger partial charge in [0.2, 0.25) is 11.8 Å². The van der Waals surface area contributed by atoms with Gasteiger partial charge in [-0.2, -0.15) is 0 Å². The molecular weight excluding hydrogens is 300 g/mol. The summed E-state index contributed by atoms with van der Waals surface area (Å²) in [5.41, 5.74) is 2.36. The maximum absolute atomic E-state index is 10.4. The van der Waals surface area contributed by atoms with E-state index < -0.39 is 0 Å². The first kappa shape index (κ1) is 18.7. The second-order valence-electron chi connectivity index (χ2n) is 6.34. The van der Waals surface area contributed by atoms with Crippen LogP contribution in [0.2, 0.25) is 0 Å². The predicted molar refractivity (Wildman–Crippen MR) is 95.3 cm³/mol. The van der Waals surface area contributed by atoms with Crippen molar-refractivity contribution in [3.63, 3.8) is 0 Å². The zero-order chi connectivity index (χ0) is 17.0. The highest BCUT2D eigenvalue weighted by atomic mass is 16.4. The van der Waals surface area contributed by atoms with Crippen molar-refractivity contribution in [1.82, 2.24) is 10.2 Å². The minimum atomic E-state index is 0.0275. The van der Waals surface area contributed by atoms with Gasteiger partial charge in [-0.15, -0.1) is 10.2 Å². The van der Waals surface area contributed by atoms with Crippen molar-refractivity contribution >= 4 is 0 Å². The number of aryl methyl sites for hydroxylation is 2. The zero-order valence-electron chi connectivity index (χ0n) is 14.8. The fraction of sp³-hybridized carbons (Fsp3) is 0.600. The molecule has 0 spiro atoms. The Hall–Kier alpha value is -1.68. The van der Waals surface area contributed by atoms with Gasteiger partial charge in [0.25, 0.3) is 0 Å². The summed E-state index contributed by atoms with van der Waals surface area (Å²) in [5, 5.41) is 18.8. The molecule has 0 atom stereocenters. The number of nitrogens with zero attached hydrogens (tertiary/aromatic N) is 2. The Kier molecular flexibility index (Phi) is 8.53. The highest BCUT2D eigenvalue weighted by Crippen LogP contribution is 2.24. The third-order valence-corrected chi connectivity index (χ3v) is 4.30. The van der Waals surface area contributed by atoms with Crippen LogP contribution in [0.3, 0.4) is 0 Å². The fourth-order valence-electron chi connectivity index (χ4n) is 2.88. The molecule has 0 aliphatic rings. The molecule has 0 unspecified atom stereocenters. The topological polar surface area (TPSA) is 58.8 Å². The van der Waals surface area contributed by atoms with Crippen LogP contribution in [0.4, 0.5) is 0 Å². The molecule has 2 rings (SSSR count). The summed E-state index contributed by atoms with van der Waals surface area (Å²) >= 11 is 0. The molecule has 131 valence electrons. The van der Waals surface area contributed by atoms with E-state index in [1.807, 2.05) is 6.07 Å². The molecule has 0 saturated carbocycles. The maximum atomic E-state index is 10.4. The lowest BCUT2D eigenvalue weighted by atomic mass is 10.0. The molecule has 4 nitrogen and oxygen atoms in total. The molecule has 24 heavy (non-hydrogen) atoms. The lowest BCUT2D eigenvalue weighted by Gasteiger charge is -2.06. The van der Waals surface area contributed by atoms with E-state index in [-0.39, 0.29) is 6.61 Å². The SMILES string of the molecule is CCCCCCc1ccccc1-c1nnc(CCCCCC[O])o1. The Labute approximate surface area is 145 Å². The van der Waals surface area contributed by atoms with Crippen molar-refractivity contribution in [3.05, 3.63) is 35.7 Å². The average molecular weight is 329 g/mol. The van der Waals surface area contributed by atoms with E-state index in [2.05, 4.69) is 35.3 Å². The quantitative estimate of drug-likeness (QED) is 0.490. The molecule has 4 heteroatoms. The van der Waals surface area contributed by atoms with E-state index in [9.17, 15) is 5.11 Å². The maximum Gasteiger partial charge on any atom is 0.248 e. The van der Waals surface area contributed by atoms with Crippen molar-refractivity contribution in [2.45, 2.75) is 71.1 Å². The minimum Gasteiger partial charge on any atom is -0.421 e. The van der Waals surface area contributed by atoms with Crippen LogP contribution in [0.25, 0.3) is 11.5 Å². The molecule has 2 aromatic rings. The van der Waals surface area contributed by atoms with Gasteiger partial charge in [0.05, 0.1) is 6.61 Å². The van der Waals surface area contributed by atoms with Gasteiger partial charge in [0.1, 0.15) is 0 Å². The second kappa shape index (κ2) is 11.0. The number of hydrogen-bond donors (Lipinski definition) is 0. The third-order valence-electron chi connectivity index (χ3n) is 4.30. The number of rotatable bonds is 12. The molecule has 0 aliphatic carbocycles. The molecule has 0 saturated heterocycles. The van der Waals surface area contributed by atoms with E-state index in [4.69, 9.17) is 4.42 Å². The van der Waals surface area contributed by atoms with Crippen LogP contribution in [-0.4, -0.2) is 16.8 Å². The van der Waals surface area contributed by atoms with Crippen LogP contribution in [-0.2, 0) is 17.9 Å². The van der Waals surface area contributed by atoms with Gasteiger partial charge in [0.15, 0.2) is 0 Å². The van der Waals surface area contributed by atoms with E-state index in [0.29, 0.717) is 11.8 Å². The molecule has 1 aromatic carbocycles. The van der Waals surface area contributed by atoms with Gasteiger partial charge in [0, 0.05) is 12.0 Å². The molecule has 0 N–H and O–H groups in total. The van der Waals surface area contributed by atoms with Crippen molar-refractivity contribution in [3.8, 4) is 11.5 Å². The molecule has 0 bridgehead atoms. The molecular formula is C20H29N2O2. The zero-order valence-corrected chi connectivity index (χ0v) is 14.8. The average Bonchev–Trinajstić information content (AvgIpc) is 3.08. The van der Waals surface area contributed by atoms with Gasteiger partial charge < -0.3 is 4.42 Å². The van der Waals surface area contributed by atoms with Gasteiger partial charge >= 0.3 is 0 Å².